The first-order valence-electron chi connectivity index (χ1n) is 8.59. The smallest absolute Gasteiger partial charge is 0.278 e. The number of amides is 1. The summed E-state index contributed by atoms with van der Waals surface area (Å²) in [5, 5.41) is 6.72. The molecule has 0 atom stereocenters. The number of anilines is 1. The predicted molar refractivity (Wildman–Crippen MR) is 102 cm³/mol. The summed E-state index contributed by atoms with van der Waals surface area (Å²) in [5.74, 6) is 1.51. The van der Waals surface area contributed by atoms with Gasteiger partial charge in [0, 0.05) is 0 Å². The maximum absolute atomic E-state index is 12.7. The van der Waals surface area contributed by atoms with E-state index in [1.165, 1.54) is 0 Å². The Morgan fingerprint density at radius 2 is 1.89 bits per heavy atom. The number of carbonyl (C=O) groups excluding carboxylic acids is 1. The number of aryl methyl sites for hydroxylation is 3. The van der Waals surface area contributed by atoms with Gasteiger partial charge in [-0.15, -0.1) is 0 Å². The van der Waals surface area contributed by atoms with Crippen LogP contribution in [-0.4, -0.2) is 18.2 Å². The number of para-hydroxylation sites is 2. The minimum Gasteiger partial charge on any atom is -0.495 e. The van der Waals surface area contributed by atoms with Crippen molar-refractivity contribution in [2.45, 2.75) is 27.4 Å². The van der Waals surface area contributed by atoms with E-state index in [0.29, 0.717) is 22.8 Å². The molecule has 1 heterocycles. The molecule has 0 aliphatic carbocycles. The normalized spacial score (nSPS) is 10.5. The molecule has 0 saturated heterocycles. The second kappa shape index (κ2) is 7.95. The van der Waals surface area contributed by atoms with Crippen LogP contribution in [0.4, 0.5) is 5.69 Å². The summed E-state index contributed by atoms with van der Waals surface area (Å²) in [4.78, 5) is 12.7. The van der Waals surface area contributed by atoms with Crippen LogP contribution in [-0.2, 0) is 6.61 Å². The zero-order valence-corrected chi connectivity index (χ0v) is 15.8. The quantitative estimate of drug-likeness (QED) is 0.698. The van der Waals surface area contributed by atoms with E-state index in [9.17, 15) is 4.79 Å². The van der Waals surface area contributed by atoms with E-state index in [1.54, 1.807) is 26.2 Å². The molecule has 140 valence electrons. The summed E-state index contributed by atoms with van der Waals surface area (Å²) in [7, 11) is 1.55. The van der Waals surface area contributed by atoms with Gasteiger partial charge < -0.3 is 19.3 Å². The van der Waals surface area contributed by atoms with Crippen LogP contribution in [0.3, 0.4) is 0 Å². The van der Waals surface area contributed by atoms with Gasteiger partial charge in [0.1, 0.15) is 23.9 Å². The SMILES string of the molecule is COc1ccccc1NC(=O)c1noc(C)c1COc1cc(C)ccc1C. The fourth-order valence-electron chi connectivity index (χ4n) is 2.68. The van der Waals surface area contributed by atoms with Crippen LogP contribution in [0.25, 0.3) is 0 Å². The van der Waals surface area contributed by atoms with Crippen molar-refractivity contribution < 1.29 is 18.8 Å². The summed E-state index contributed by atoms with van der Waals surface area (Å²) < 4.78 is 16.4. The molecule has 1 aromatic heterocycles. The number of rotatable bonds is 6. The van der Waals surface area contributed by atoms with E-state index in [-0.39, 0.29) is 18.2 Å². The van der Waals surface area contributed by atoms with Gasteiger partial charge in [0.2, 0.25) is 0 Å². The Labute approximate surface area is 158 Å². The lowest BCUT2D eigenvalue weighted by Crippen LogP contribution is -2.16. The van der Waals surface area contributed by atoms with Crippen molar-refractivity contribution in [2.75, 3.05) is 12.4 Å². The van der Waals surface area contributed by atoms with E-state index in [2.05, 4.69) is 10.5 Å². The van der Waals surface area contributed by atoms with Gasteiger partial charge >= 0.3 is 0 Å². The fourth-order valence-corrected chi connectivity index (χ4v) is 2.68. The van der Waals surface area contributed by atoms with Crippen molar-refractivity contribution in [1.29, 1.82) is 0 Å². The van der Waals surface area contributed by atoms with E-state index in [4.69, 9.17) is 14.0 Å². The van der Waals surface area contributed by atoms with Crippen molar-refractivity contribution in [3.63, 3.8) is 0 Å². The molecular formula is C21H22N2O4. The van der Waals surface area contributed by atoms with Crippen LogP contribution in [0.15, 0.2) is 47.0 Å². The topological polar surface area (TPSA) is 73.6 Å². The van der Waals surface area contributed by atoms with Crippen LogP contribution < -0.4 is 14.8 Å². The van der Waals surface area contributed by atoms with Gasteiger partial charge in [-0.1, -0.05) is 29.4 Å². The third-order valence-electron chi connectivity index (χ3n) is 4.27. The molecule has 0 unspecified atom stereocenters. The highest BCUT2D eigenvalue weighted by Crippen LogP contribution is 2.26. The Hall–Kier alpha value is -3.28. The van der Waals surface area contributed by atoms with E-state index < -0.39 is 0 Å². The molecule has 0 fully saturated rings. The minimum atomic E-state index is -0.379. The molecular weight excluding hydrogens is 344 g/mol. The first-order valence-corrected chi connectivity index (χ1v) is 8.59. The van der Waals surface area contributed by atoms with Crippen LogP contribution >= 0.6 is 0 Å². The summed E-state index contributed by atoms with van der Waals surface area (Å²) in [5.41, 5.74) is 3.50. The predicted octanol–water partition coefficient (Wildman–Crippen LogP) is 4.44. The van der Waals surface area contributed by atoms with Crippen molar-refractivity contribution in [3.8, 4) is 11.5 Å². The standard InChI is InChI=1S/C21H22N2O4/c1-13-9-10-14(2)19(11-13)26-12-16-15(3)27-23-20(16)21(24)22-17-7-5-6-8-18(17)25-4/h5-11H,12H2,1-4H3,(H,22,24). The fraction of sp³-hybridized carbons (Fsp3) is 0.238. The second-order valence-electron chi connectivity index (χ2n) is 6.28. The Morgan fingerprint density at radius 1 is 1.11 bits per heavy atom. The lowest BCUT2D eigenvalue weighted by atomic mass is 10.1. The molecule has 27 heavy (non-hydrogen) atoms. The molecule has 1 amide bonds. The largest absolute Gasteiger partial charge is 0.495 e. The lowest BCUT2D eigenvalue weighted by Gasteiger charge is -2.11. The lowest BCUT2D eigenvalue weighted by molar-refractivity contribution is 0.101. The highest BCUT2D eigenvalue weighted by molar-refractivity contribution is 6.04. The number of nitrogens with one attached hydrogen (secondary N) is 1. The molecule has 0 bridgehead atoms. The number of ether oxygens (including phenoxy) is 2. The maximum atomic E-state index is 12.7. The Balaban J connectivity index is 1.79. The van der Waals surface area contributed by atoms with Crippen molar-refractivity contribution in [2.24, 2.45) is 0 Å². The van der Waals surface area contributed by atoms with Crippen LogP contribution in [0.5, 0.6) is 11.5 Å². The van der Waals surface area contributed by atoms with Crippen molar-refractivity contribution in [3.05, 3.63) is 70.6 Å². The molecule has 6 heteroatoms. The Kier molecular flexibility index (Phi) is 5.45. The number of carbonyl (C=O) groups is 1. The van der Waals surface area contributed by atoms with Crippen LogP contribution in [0, 0.1) is 20.8 Å². The van der Waals surface area contributed by atoms with Crippen LogP contribution in [0.2, 0.25) is 0 Å². The van der Waals surface area contributed by atoms with E-state index in [1.807, 2.05) is 44.2 Å². The third-order valence-corrected chi connectivity index (χ3v) is 4.27. The number of hydrogen-bond acceptors (Lipinski definition) is 5. The molecule has 0 spiro atoms. The Morgan fingerprint density at radius 3 is 2.67 bits per heavy atom. The number of hydrogen-bond donors (Lipinski definition) is 1. The molecule has 0 saturated carbocycles. The van der Waals surface area contributed by atoms with Gasteiger partial charge in [-0.05, 0) is 50.1 Å². The second-order valence-corrected chi connectivity index (χ2v) is 6.28. The number of methoxy groups -OCH3 is 1. The molecule has 1 N–H and O–H groups in total. The summed E-state index contributed by atoms with van der Waals surface area (Å²) in [6.07, 6.45) is 0. The first kappa shape index (κ1) is 18.5. The van der Waals surface area contributed by atoms with Gasteiger partial charge in [0.15, 0.2) is 5.69 Å². The molecule has 3 aromatic rings. The number of aromatic nitrogens is 1. The molecule has 2 aromatic carbocycles. The van der Waals surface area contributed by atoms with E-state index in [0.717, 1.165) is 16.9 Å². The number of nitrogens with zero attached hydrogens (tertiary/aromatic N) is 1. The van der Waals surface area contributed by atoms with Crippen LogP contribution in [0.1, 0.15) is 32.9 Å². The number of benzene rings is 2. The highest BCUT2D eigenvalue weighted by atomic mass is 16.5. The van der Waals surface area contributed by atoms with Gasteiger partial charge in [-0.3, -0.25) is 4.79 Å². The molecule has 0 aliphatic heterocycles. The molecule has 0 radical (unpaired) electrons. The molecule has 0 aliphatic rings. The van der Waals surface area contributed by atoms with Crippen molar-refractivity contribution >= 4 is 11.6 Å². The summed E-state index contributed by atoms with van der Waals surface area (Å²) in [6.45, 7) is 5.93. The first-order chi connectivity index (χ1) is 13.0. The average Bonchev–Trinajstić information content (AvgIpc) is 3.03. The molecule has 3 rings (SSSR count). The average molecular weight is 366 g/mol. The summed E-state index contributed by atoms with van der Waals surface area (Å²) in [6, 6.07) is 13.2. The highest BCUT2D eigenvalue weighted by Gasteiger charge is 2.21. The van der Waals surface area contributed by atoms with Gasteiger partial charge in [0.25, 0.3) is 5.91 Å². The minimum absolute atomic E-state index is 0.189. The zero-order valence-electron chi connectivity index (χ0n) is 15.8. The zero-order chi connectivity index (χ0) is 19.4. The monoisotopic (exact) mass is 366 g/mol. The molecule has 6 nitrogen and oxygen atoms in total. The van der Waals surface area contributed by atoms with Gasteiger partial charge in [-0.2, -0.15) is 0 Å². The third kappa shape index (κ3) is 4.11. The Bertz CT molecular complexity index is 963. The van der Waals surface area contributed by atoms with Crippen molar-refractivity contribution in [1.82, 2.24) is 5.16 Å². The summed E-state index contributed by atoms with van der Waals surface area (Å²) >= 11 is 0. The van der Waals surface area contributed by atoms with E-state index >= 15 is 0 Å². The maximum Gasteiger partial charge on any atom is 0.278 e. The van der Waals surface area contributed by atoms with Gasteiger partial charge in [0.05, 0.1) is 18.4 Å². The van der Waals surface area contributed by atoms with Gasteiger partial charge in [-0.25, -0.2) is 0 Å².